The summed E-state index contributed by atoms with van der Waals surface area (Å²) >= 11 is 3.36. The third-order valence-corrected chi connectivity index (χ3v) is 3.23. The van der Waals surface area contributed by atoms with Gasteiger partial charge in [-0.2, -0.15) is 0 Å². The van der Waals surface area contributed by atoms with Gasteiger partial charge in [0.25, 0.3) is 0 Å². The first-order valence-corrected chi connectivity index (χ1v) is 8.88. The molecule has 0 bridgehead atoms. The summed E-state index contributed by atoms with van der Waals surface area (Å²) in [6.07, 6.45) is 1.90. The predicted molar refractivity (Wildman–Crippen MR) is 64.8 cm³/mol. The highest BCUT2D eigenvalue weighted by atomic mass is 79.9. The number of nitrogens with zero attached hydrogens (tertiary/aromatic N) is 1. The summed E-state index contributed by atoms with van der Waals surface area (Å²) in [6, 6.07) is 3.99. The molecular weight excluding hydrogens is 258 g/mol. The first kappa shape index (κ1) is 11.9. The molecule has 1 rings (SSSR count). The van der Waals surface area contributed by atoms with Crippen LogP contribution in [0.4, 0.5) is 0 Å². The first-order chi connectivity index (χ1) is 6.38. The molecule has 0 saturated heterocycles. The number of aromatic nitrogens is 1. The summed E-state index contributed by atoms with van der Waals surface area (Å²) in [4.78, 5) is 4.31. The summed E-state index contributed by atoms with van der Waals surface area (Å²) in [5, 5.41) is 0. The quantitative estimate of drug-likeness (QED) is 0.783. The molecule has 0 saturated carbocycles. The van der Waals surface area contributed by atoms with Crippen LogP contribution in [0, 0.1) is 0 Å². The van der Waals surface area contributed by atoms with E-state index in [0.29, 0.717) is 0 Å². The Kier molecular flexibility index (Phi) is 3.86. The molecule has 1 aromatic rings. The van der Waals surface area contributed by atoms with Crippen LogP contribution in [0.15, 0.2) is 22.8 Å². The lowest BCUT2D eigenvalue weighted by Crippen LogP contribution is -2.27. The molecule has 0 radical (unpaired) electrons. The smallest absolute Gasteiger partial charge is 0.184 e. The first-order valence-electron chi connectivity index (χ1n) is 4.68. The van der Waals surface area contributed by atoms with E-state index in [4.69, 9.17) is 4.43 Å². The van der Waals surface area contributed by atoms with Crippen molar-refractivity contribution in [3.8, 4) is 0 Å². The zero-order valence-electron chi connectivity index (χ0n) is 9.04. The Morgan fingerprint density at radius 3 is 2.43 bits per heavy atom. The molecule has 0 aliphatic carbocycles. The molecule has 0 aliphatic rings. The van der Waals surface area contributed by atoms with Gasteiger partial charge in [-0.25, -0.2) is 0 Å². The fourth-order valence-electron chi connectivity index (χ4n) is 1.22. The van der Waals surface area contributed by atoms with E-state index < -0.39 is 8.32 Å². The Morgan fingerprint density at radius 2 is 2.00 bits per heavy atom. The van der Waals surface area contributed by atoms with Crippen LogP contribution < -0.4 is 0 Å². The summed E-state index contributed by atoms with van der Waals surface area (Å²) in [7, 11) is -1.47. The average molecular weight is 274 g/mol. The predicted octanol–water partition coefficient (Wildman–Crippen LogP) is 3.76. The molecule has 0 amide bonds. The van der Waals surface area contributed by atoms with Gasteiger partial charge in [0.15, 0.2) is 8.32 Å². The molecule has 4 heteroatoms. The molecule has 0 aliphatic heterocycles. The molecule has 0 aromatic carbocycles. The van der Waals surface area contributed by atoms with E-state index >= 15 is 0 Å². The molecule has 0 spiro atoms. The zero-order valence-corrected chi connectivity index (χ0v) is 11.6. The lowest BCUT2D eigenvalue weighted by molar-refractivity contribution is 0.214. The molecule has 0 fully saturated rings. The average Bonchev–Trinajstić information content (AvgIpc) is 2.02. The minimum Gasteiger partial charge on any atom is -0.409 e. The third kappa shape index (κ3) is 3.90. The standard InChI is InChI=1S/C10H16BrNOSi/c1-8(13-14(2,3)4)10-6-5-9(11)7-12-10/h5-8H,1-4H3. The van der Waals surface area contributed by atoms with Crippen molar-refractivity contribution in [2.24, 2.45) is 0 Å². The van der Waals surface area contributed by atoms with Gasteiger partial charge in [-0.15, -0.1) is 0 Å². The van der Waals surface area contributed by atoms with Crippen molar-refractivity contribution < 1.29 is 4.43 Å². The number of hydrogen-bond donors (Lipinski definition) is 0. The van der Waals surface area contributed by atoms with Crippen LogP contribution in [0.2, 0.25) is 19.6 Å². The highest BCUT2D eigenvalue weighted by Crippen LogP contribution is 2.20. The van der Waals surface area contributed by atoms with E-state index in [2.05, 4.69) is 47.5 Å². The van der Waals surface area contributed by atoms with Gasteiger partial charge in [0.2, 0.25) is 0 Å². The van der Waals surface area contributed by atoms with E-state index in [-0.39, 0.29) is 6.10 Å². The Labute approximate surface area is 95.0 Å². The van der Waals surface area contributed by atoms with Crippen molar-refractivity contribution in [3.63, 3.8) is 0 Å². The monoisotopic (exact) mass is 273 g/mol. The van der Waals surface area contributed by atoms with Crippen LogP contribution in [-0.2, 0) is 4.43 Å². The molecule has 2 nitrogen and oxygen atoms in total. The summed E-state index contributed by atoms with van der Waals surface area (Å²) < 4.78 is 6.93. The molecule has 0 N–H and O–H groups in total. The van der Waals surface area contributed by atoms with E-state index in [1.165, 1.54) is 0 Å². The van der Waals surface area contributed by atoms with Gasteiger partial charge in [0.05, 0.1) is 11.8 Å². The minimum atomic E-state index is -1.47. The summed E-state index contributed by atoms with van der Waals surface area (Å²) in [5.74, 6) is 0. The fourth-order valence-corrected chi connectivity index (χ4v) is 2.63. The molecular formula is C10H16BrNOSi. The van der Waals surface area contributed by atoms with Crippen molar-refractivity contribution in [1.29, 1.82) is 0 Å². The molecule has 78 valence electrons. The maximum atomic E-state index is 5.92. The number of hydrogen-bond acceptors (Lipinski definition) is 2. The van der Waals surface area contributed by atoms with Crippen LogP contribution >= 0.6 is 15.9 Å². The van der Waals surface area contributed by atoms with Crippen molar-refractivity contribution in [3.05, 3.63) is 28.5 Å². The Hall–Kier alpha value is -0.193. The highest BCUT2D eigenvalue weighted by Gasteiger charge is 2.19. The topological polar surface area (TPSA) is 22.1 Å². The van der Waals surface area contributed by atoms with Crippen molar-refractivity contribution >= 4 is 24.2 Å². The zero-order chi connectivity index (χ0) is 10.8. The Bertz CT molecular complexity index is 294. The molecule has 1 atom stereocenters. The largest absolute Gasteiger partial charge is 0.409 e. The van der Waals surface area contributed by atoms with Crippen molar-refractivity contribution in [1.82, 2.24) is 4.98 Å². The van der Waals surface area contributed by atoms with Crippen molar-refractivity contribution in [2.45, 2.75) is 32.7 Å². The second-order valence-corrected chi connectivity index (χ2v) is 9.65. The fraction of sp³-hybridized carbons (Fsp3) is 0.500. The highest BCUT2D eigenvalue weighted by molar-refractivity contribution is 9.10. The van der Waals surface area contributed by atoms with E-state index in [1.54, 1.807) is 6.20 Å². The maximum absolute atomic E-state index is 5.92. The lowest BCUT2D eigenvalue weighted by Gasteiger charge is -2.22. The molecule has 1 unspecified atom stereocenters. The SMILES string of the molecule is CC(O[Si](C)(C)C)c1ccc(Br)cn1. The van der Waals surface area contributed by atoms with Crippen LogP contribution in [0.25, 0.3) is 0 Å². The third-order valence-electron chi connectivity index (χ3n) is 1.70. The van der Waals surface area contributed by atoms with Crippen LogP contribution in [0.5, 0.6) is 0 Å². The Balaban J connectivity index is 2.70. The van der Waals surface area contributed by atoms with Gasteiger partial charge < -0.3 is 4.43 Å². The van der Waals surface area contributed by atoms with Crippen LogP contribution in [0.1, 0.15) is 18.7 Å². The van der Waals surface area contributed by atoms with Gasteiger partial charge in [-0.05, 0) is 54.6 Å². The van der Waals surface area contributed by atoms with Gasteiger partial charge in [-0.3, -0.25) is 4.98 Å². The Morgan fingerprint density at radius 1 is 1.36 bits per heavy atom. The van der Waals surface area contributed by atoms with E-state index in [9.17, 15) is 0 Å². The lowest BCUT2D eigenvalue weighted by atomic mass is 10.2. The molecule has 1 aromatic heterocycles. The second-order valence-electron chi connectivity index (χ2n) is 4.27. The van der Waals surface area contributed by atoms with Crippen molar-refractivity contribution in [2.75, 3.05) is 0 Å². The number of halogens is 1. The second kappa shape index (κ2) is 4.55. The van der Waals surface area contributed by atoms with Gasteiger partial charge in [0, 0.05) is 10.7 Å². The maximum Gasteiger partial charge on any atom is 0.184 e. The molecule has 1 heterocycles. The summed E-state index contributed by atoms with van der Waals surface area (Å²) in [5.41, 5.74) is 0.996. The van der Waals surface area contributed by atoms with E-state index in [0.717, 1.165) is 10.2 Å². The van der Waals surface area contributed by atoms with Gasteiger partial charge >= 0.3 is 0 Å². The van der Waals surface area contributed by atoms with Crippen LogP contribution in [-0.4, -0.2) is 13.3 Å². The van der Waals surface area contributed by atoms with E-state index in [1.807, 2.05) is 12.1 Å². The number of rotatable bonds is 3. The van der Waals surface area contributed by atoms with Gasteiger partial charge in [0.1, 0.15) is 0 Å². The van der Waals surface area contributed by atoms with Gasteiger partial charge in [-0.1, -0.05) is 0 Å². The minimum absolute atomic E-state index is 0.0924. The number of pyridine rings is 1. The van der Waals surface area contributed by atoms with Crippen LogP contribution in [0.3, 0.4) is 0 Å². The molecule has 14 heavy (non-hydrogen) atoms. The summed E-state index contributed by atoms with van der Waals surface area (Å²) in [6.45, 7) is 8.60. The normalized spacial score (nSPS) is 14.1.